The third kappa shape index (κ3) is 6.01. The van der Waals surface area contributed by atoms with Gasteiger partial charge in [-0.3, -0.25) is 9.78 Å². The normalized spacial score (nSPS) is 21.7. The number of nitrogens with zero attached hydrogens (tertiary/aromatic N) is 2. The second-order valence-electron chi connectivity index (χ2n) is 9.02. The number of alkyl carbamates (subject to hydrolysis) is 1. The summed E-state index contributed by atoms with van der Waals surface area (Å²) in [4.78, 5) is 33.3. The molecule has 2 heterocycles. The number of thiazole rings is 1. The van der Waals surface area contributed by atoms with Crippen molar-refractivity contribution in [2.45, 2.75) is 71.4 Å². The number of carbonyl (C=O) groups excluding carboxylic acids is 2. The van der Waals surface area contributed by atoms with Gasteiger partial charge in [0.05, 0.1) is 16.9 Å². The van der Waals surface area contributed by atoms with Gasteiger partial charge in [-0.2, -0.15) is 0 Å². The Morgan fingerprint density at radius 3 is 2.67 bits per heavy atom. The summed E-state index contributed by atoms with van der Waals surface area (Å²) < 4.78 is 5.42. The first kappa shape index (κ1) is 22.2. The molecule has 30 heavy (non-hydrogen) atoms. The maximum Gasteiger partial charge on any atom is 0.407 e. The average molecular weight is 431 g/mol. The van der Waals surface area contributed by atoms with E-state index >= 15 is 0 Å². The lowest BCUT2D eigenvalue weighted by Gasteiger charge is -2.35. The van der Waals surface area contributed by atoms with Crippen molar-refractivity contribution >= 4 is 29.0 Å². The minimum Gasteiger partial charge on any atom is -0.444 e. The summed E-state index contributed by atoms with van der Waals surface area (Å²) in [6.07, 6.45) is 5.71. The Morgan fingerprint density at radius 1 is 1.23 bits per heavy atom. The van der Waals surface area contributed by atoms with Gasteiger partial charge in [0.2, 0.25) is 0 Å². The summed E-state index contributed by atoms with van der Waals surface area (Å²) in [5.41, 5.74) is 1.62. The molecule has 7 nitrogen and oxygen atoms in total. The molecule has 1 saturated carbocycles. The molecule has 3 unspecified atom stereocenters. The first-order chi connectivity index (χ1) is 14.1. The predicted molar refractivity (Wildman–Crippen MR) is 118 cm³/mol. The first-order valence-corrected chi connectivity index (χ1v) is 11.2. The van der Waals surface area contributed by atoms with Crippen molar-refractivity contribution in [3.8, 4) is 0 Å². The van der Waals surface area contributed by atoms with Crippen LogP contribution in [0.25, 0.3) is 0 Å². The molecule has 3 rings (SSSR count). The Balaban J connectivity index is 1.73. The highest BCUT2D eigenvalue weighted by Gasteiger charge is 2.31. The van der Waals surface area contributed by atoms with E-state index in [1.54, 1.807) is 17.8 Å². The van der Waals surface area contributed by atoms with E-state index in [0.717, 1.165) is 29.8 Å². The van der Waals surface area contributed by atoms with Crippen LogP contribution in [-0.2, 0) is 4.74 Å². The molecule has 1 fully saturated rings. The summed E-state index contributed by atoms with van der Waals surface area (Å²) in [5.74, 6) is 0.395. The monoisotopic (exact) mass is 430 g/mol. The number of ether oxygens (including phenoxy) is 1. The summed E-state index contributed by atoms with van der Waals surface area (Å²) in [5, 5.41) is 8.60. The van der Waals surface area contributed by atoms with Gasteiger partial charge < -0.3 is 15.4 Å². The first-order valence-electron chi connectivity index (χ1n) is 10.3. The molecule has 3 atom stereocenters. The van der Waals surface area contributed by atoms with Crippen molar-refractivity contribution in [2.24, 2.45) is 5.92 Å². The molecule has 1 aliphatic carbocycles. The zero-order valence-corrected chi connectivity index (χ0v) is 19.0. The van der Waals surface area contributed by atoms with Gasteiger partial charge in [0.1, 0.15) is 11.3 Å². The number of aromatic nitrogens is 2. The maximum atomic E-state index is 12.6. The van der Waals surface area contributed by atoms with Gasteiger partial charge in [-0.25, -0.2) is 9.78 Å². The van der Waals surface area contributed by atoms with E-state index in [2.05, 4.69) is 27.5 Å². The van der Waals surface area contributed by atoms with E-state index < -0.39 is 5.60 Å². The molecule has 0 aliphatic heterocycles. The zero-order valence-electron chi connectivity index (χ0n) is 18.2. The SMILES string of the molecule is Cc1nc(C(=O)Nc2cnccc2C2CC(C)CC(NC(=O)OC(C)(C)C)C2)cs1. The van der Waals surface area contributed by atoms with Crippen molar-refractivity contribution in [1.82, 2.24) is 15.3 Å². The highest BCUT2D eigenvalue weighted by molar-refractivity contribution is 7.09. The van der Waals surface area contributed by atoms with Crippen LogP contribution in [-0.4, -0.2) is 33.6 Å². The van der Waals surface area contributed by atoms with Gasteiger partial charge >= 0.3 is 6.09 Å². The van der Waals surface area contributed by atoms with E-state index in [-0.39, 0.29) is 24.0 Å². The summed E-state index contributed by atoms with van der Waals surface area (Å²) in [6, 6.07) is 1.97. The van der Waals surface area contributed by atoms with Crippen LogP contribution in [0, 0.1) is 12.8 Å². The number of anilines is 1. The van der Waals surface area contributed by atoms with Crippen LogP contribution in [0.3, 0.4) is 0 Å². The zero-order chi connectivity index (χ0) is 21.9. The molecular weight excluding hydrogens is 400 g/mol. The third-order valence-electron chi connectivity index (χ3n) is 5.06. The Bertz CT molecular complexity index is 906. The number of pyridine rings is 1. The van der Waals surface area contributed by atoms with E-state index in [1.165, 1.54) is 11.3 Å². The van der Waals surface area contributed by atoms with Crippen LogP contribution in [0.4, 0.5) is 10.5 Å². The number of rotatable bonds is 4. The number of amides is 2. The van der Waals surface area contributed by atoms with Gasteiger partial charge in [-0.1, -0.05) is 6.92 Å². The Morgan fingerprint density at radius 2 is 2.00 bits per heavy atom. The molecular formula is C22H30N4O3S. The quantitative estimate of drug-likeness (QED) is 0.720. The number of aryl methyl sites for hydroxylation is 1. The molecule has 0 aromatic carbocycles. The lowest BCUT2D eigenvalue weighted by molar-refractivity contribution is 0.0482. The fraction of sp³-hybridized carbons (Fsp3) is 0.545. The number of hydrogen-bond acceptors (Lipinski definition) is 6. The van der Waals surface area contributed by atoms with Crippen LogP contribution in [0.15, 0.2) is 23.8 Å². The van der Waals surface area contributed by atoms with Crippen molar-refractivity contribution in [2.75, 3.05) is 5.32 Å². The second-order valence-corrected chi connectivity index (χ2v) is 10.1. The molecule has 2 amide bonds. The highest BCUT2D eigenvalue weighted by atomic mass is 32.1. The maximum absolute atomic E-state index is 12.6. The topological polar surface area (TPSA) is 93.2 Å². The van der Waals surface area contributed by atoms with Crippen molar-refractivity contribution in [3.05, 3.63) is 40.1 Å². The van der Waals surface area contributed by atoms with Crippen LogP contribution in [0.5, 0.6) is 0 Å². The van der Waals surface area contributed by atoms with Crippen LogP contribution in [0.1, 0.15) is 73.9 Å². The predicted octanol–water partition coefficient (Wildman–Crippen LogP) is 4.90. The summed E-state index contributed by atoms with van der Waals surface area (Å²) in [7, 11) is 0. The van der Waals surface area contributed by atoms with E-state index in [4.69, 9.17) is 4.74 Å². The van der Waals surface area contributed by atoms with Crippen LogP contribution >= 0.6 is 11.3 Å². The van der Waals surface area contributed by atoms with E-state index in [1.807, 2.05) is 33.8 Å². The number of hydrogen-bond donors (Lipinski definition) is 2. The Kier molecular flexibility index (Phi) is 6.75. The largest absolute Gasteiger partial charge is 0.444 e. The Labute approximate surface area is 181 Å². The minimum absolute atomic E-state index is 0.0199. The standard InChI is InChI=1S/C22H30N4O3S/c1-13-8-15(10-16(9-13)25-21(28)29-22(3,4)5)17-6-7-23-11-18(17)26-20(27)19-12-30-14(2)24-19/h6-7,11-13,15-16H,8-10H2,1-5H3,(H,25,28)(H,26,27). The molecule has 8 heteroatoms. The smallest absolute Gasteiger partial charge is 0.407 e. The summed E-state index contributed by atoms with van der Waals surface area (Å²) in [6.45, 7) is 9.63. The Hall–Kier alpha value is -2.48. The van der Waals surface area contributed by atoms with Crippen LogP contribution < -0.4 is 10.6 Å². The molecule has 2 aromatic heterocycles. The van der Waals surface area contributed by atoms with Crippen molar-refractivity contribution in [1.29, 1.82) is 0 Å². The van der Waals surface area contributed by atoms with Gasteiger partial charge in [0, 0.05) is 17.6 Å². The number of nitrogens with one attached hydrogen (secondary N) is 2. The highest BCUT2D eigenvalue weighted by Crippen LogP contribution is 2.39. The molecule has 2 aromatic rings. The fourth-order valence-corrected chi connectivity index (χ4v) is 4.56. The van der Waals surface area contributed by atoms with Crippen molar-refractivity contribution < 1.29 is 14.3 Å². The molecule has 2 N–H and O–H groups in total. The van der Waals surface area contributed by atoms with Gasteiger partial charge in [-0.15, -0.1) is 11.3 Å². The van der Waals surface area contributed by atoms with Gasteiger partial charge in [0.15, 0.2) is 0 Å². The lowest BCUT2D eigenvalue weighted by atomic mass is 9.76. The third-order valence-corrected chi connectivity index (χ3v) is 5.83. The molecule has 0 bridgehead atoms. The van der Waals surface area contributed by atoms with E-state index in [0.29, 0.717) is 17.3 Å². The lowest BCUT2D eigenvalue weighted by Crippen LogP contribution is -2.42. The molecule has 1 aliphatic rings. The van der Waals surface area contributed by atoms with E-state index in [9.17, 15) is 9.59 Å². The number of carbonyl (C=O) groups is 2. The molecule has 162 valence electrons. The second kappa shape index (κ2) is 9.12. The molecule has 0 spiro atoms. The summed E-state index contributed by atoms with van der Waals surface area (Å²) >= 11 is 1.45. The molecule has 0 saturated heterocycles. The van der Waals surface area contributed by atoms with Gasteiger partial charge in [0.25, 0.3) is 5.91 Å². The van der Waals surface area contributed by atoms with Crippen molar-refractivity contribution in [3.63, 3.8) is 0 Å². The van der Waals surface area contributed by atoms with Crippen LogP contribution in [0.2, 0.25) is 0 Å². The fourth-order valence-electron chi connectivity index (χ4n) is 3.97. The molecule has 0 radical (unpaired) electrons. The minimum atomic E-state index is -0.527. The van der Waals surface area contributed by atoms with Gasteiger partial charge in [-0.05, 0) is 70.4 Å². The average Bonchev–Trinajstić information content (AvgIpc) is 3.06.